The van der Waals surface area contributed by atoms with Crippen LogP contribution in [0.15, 0.2) is 24.3 Å². The summed E-state index contributed by atoms with van der Waals surface area (Å²) in [5.74, 6) is 0.976. The molecule has 2 nitrogen and oxygen atoms in total. The standard InChI is InChI=1S/C14H22O2/c1-5-8-11(2)14(3,15)12-9-6-7-10-13(12)16-4/h6-7,9-11,15H,5,8H2,1-4H3. The van der Waals surface area contributed by atoms with E-state index in [0.717, 1.165) is 24.2 Å². The van der Waals surface area contributed by atoms with E-state index >= 15 is 0 Å². The zero-order chi connectivity index (χ0) is 12.2. The van der Waals surface area contributed by atoms with Crippen LogP contribution in [0.2, 0.25) is 0 Å². The number of hydrogen-bond donors (Lipinski definition) is 1. The average Bonchev–Trinajstić information content (AvgIpc) is 2.29. The Labute approximate surface area is 98.3 Å². The van der Waals surface area contributed by atoms with Gasteiger partial charge in [-0.2, -0.15) is 0 Å². The Bertz CT molecular complexity index is 331. The topological polar surface area (TPSA) is 29.5 Å². The third-order valence-corrected chi connectivity index (χ3v) is 3.33. The first-order valence-electron chi connectivity index (χ1n) is 5.89. The van der Waals surface area contributed by atoms with E-state index < -0.39 is 5.60 Å². The predicted molar refractivity (Wildman–Crippen MR) is 66.6 cm³/mol. The highest BCUT2D eigenvalue weighted by Crippen LogP contribution is 2.37. The van der Waals surface area contributed by atoms with Crippen LogP contribution in [-0.4, -0.2) is 12.2 Å². The van der Waals surface area contributed by atoms with Gasteiger partial charge in [-0.1, -0.05) is 38.5 Å². The van der Waals surface area contributed by atoms with Crippen molar-refractivity contribution in [1.29, 1.82) is 0 Å². The Kier molecular flexibility index (Phi) is 4.36. The smallest absolute Gasteiger partial charge is 0.124 e. The van der Waals surface area contributed by atoms with Crippen LogP contribution in [-0.2, 0) is 5.60 Å². The molecule has 0 radical (unpaired) electrons. The number of rotatable bonds is 5. The van der Waals surface area contributed by atoms with Gasteiger partial charge in [-0.15, -0.1) is 0 Å². The zero-order valence-electron chi connectivity index (χ0n) is 10.7. The van der Waals surface area contributed by atoms with Crippen molar-refractivity contribution >= 4 is 0 Å². The molecular weight excluding hydrogens is 200 g/mol. The molecule has 0 aromatic heterocycles. The van der Waals surface area contributed by atoms with E-state index in [0.29, 0.717) is 0 Å². The third kappa shape index (κ3) is 2.56. The molecule has 1 N–H and O–H groups in total. The van der Waals surface area contributed by atoms with Crippen LogP contribution in [0.5, 0.6) is 5.75 Å². The van der Waals surface area contributed by atoms with E-state index in [-0.39, 0.29) is 5.92 Å². The average molecular weight is 222 g/mol. The number of para-hydroxylation sites is 1. The molecule has 0 saturated carbocycles. The molecule has 0 aliphatic carbocycles. The molecule has 90 valence electrons. The SMILES string of the molecule is CCCC(C)C(C)(O)c1ccccc1OC. The molecule has 0 spiro atoms. The maximum atomic E-state index is 10.6. The van der Waals surface area contributed by atoms with E-state index in [1.54, 1.807) is 7.11 Å². The molecule has 0 fully saturated rings. The number of hydrogen-bond acceptors (Lipinski definition) is 2. The Balaban J connectivity index is 3.05. The molecule has 2 unspecified atom stereocenters. The van der Waals surface area contributed by atoms with Crippen molar-refractivity contribution in [3.8, 4) is 5.75 Å². The quantitative estimate of drug-likeness (QED) is 0.828. The fourth-order valence-corrected chi connectivity index (χ4v) is 2.04. The van der Waals surface area contributed by atoms with E-state index in [2.05, 4.69) is 13.8 Å². The Hall–Kier alpha value is -1.02. The maximum absolute atomic E-state index is 10.6. The monoisotopic (exact) mass is 222 g/mol. The molecule has 0 aliphatic rings. The summed E-state index contributed by atoms with van der Waals surface area (Å²) in [6.45, 7) is 6.08. The molecule has 0 amide bonds. The van der Waals surface area contributed by atoms with Gasteiger partial charge in [0.2, 0.25) is 0 Å². The number of aliphatic hydroxyl groups is 1. The predicted octanol–water partition coefficient (Wildman–Crippen LogP) is 3.34. The molecule has 1 rings (SSSR count). The summed E-state index contributed by atoms with van der Waals surface area (Å²) >= 11 is 0. The number of benzene rings is 1. The maximum Gasteiger partial charge on any atom is 0.124 e. The van der Waals surface area contributed by atoms with Crippen molar-refractivity contribution in [2.45, 2.75) is 39.2 Å². The normalized spacial score (nSPS) is 16.6. The van der Waals surface area contributed by atoms with Crippen LogP contribution in [0.4, 0.5) is 0 Å². The van der Waals surface area contributed by atoms with Crippen molar-refractivity contribution < 1.29 is 9.84 Å². The first kappa shape index (κ1) is 13.0. The highest BCUT2D eigenvalue weighted by molar-refractivity contribution is 5.37. The minimum absolute atomic E-state index is 0.216. The highest BCUT2D eigenvalue weighted by Gasteiger charge is 2.32. The lowest BCUT2D eigenvalue weighted by molar-refractivity contribution is -0.00414. The summed E-state index contributed by atoms with van der Waals surface area (Å²) in [6.07, 6.45) is 2.08. The van der Waals surface area contributed by atoms with Crippen molar-refractivity contribution in [2.24, 2.45) is 5.92 Å². The van der Waals surface area contributed by atoms with E-state index in [4.69, 9.17) is 4.74 Å². The van der Waals surface area contributed by atoms with Crippen LogP contribution in [0.1, 0.15) is 39.2 Å². The molecular formula is C14H22O2. The first-order valence-corrected chi connectivity index (χ1v) is 5.89. The van der Waals surface area contributed by atoms with Gasteiger partial charge in [-0.25, -0.2) is 0 Å². The Morgan fingerprint density at radius 2 is 2.00 bits per heavy atom. The van der Waals surface area contributed by atoms with Gasteiger partial charge in [-0.3, -0.25) is 0 Å². The fourth-order valence-electron chi connectivity index (χ4n) is 2.04. The fraction of sp³-hybridized carbons (Fsp3) is 0.571. The Morgan fingerprint density at radius 1 is 1.38 bits per heavy atom. The van der Waals surface area contributed by atoms with Gasteiger partial charge in [0.25, 0.3) is 0 Å². The van der Waals surface area contributed by atoms with Crippen molar-refractivity contribution in [1.82, 2.24) is 0 Å². The van der Waals surface area contributed by atoms with Crippen LogP contribution in [0.25, 0.3) is 0 Å². The largest absolute Gasteiger partial charge is 0.496 e. The molecule has 16 heavy (non-hydrogen) atoms. The summed E-state index contributed by atoms with van der Waals surface area (Å²) in [6, 6.07) is 7.68. The second-order valence-corrected chi connectivity index (χ2v) is 4.54. The van der Waals surface area contributed by atoms with Gasteiger partial charge in [0.05, 0.1) is 12.7 Å². The summed E-state index contributed by atoms with van der Waals surface area (Å²) in [4.78, 5) is 0. The lowest BCUT2D eigenvalue weighted by Crippen LogP contribution is -2.30. The second-order valence-electron chi connectivity index (χ2n) is 4.54. The lowest BCUT2D eigenvalue weighted by atomic mass is 9.81. The van der Waals surface area contributed by atoms with Crippen LogP contribution >= 0.6 is 0 Å². The van der Waals surface area contributed by atoms with Crippen molar-refractivity contribution in [3.63, 3.8) is 0 Å². The van der Waals surface area contributed by atoms with Crippen molar-refractivity contribution in [3.05, 3.63) is 29.8 Å². The summed E-state index contributed by atoms with van der Waals surface area (Å²) in [5.41, 5.74) is 0.0428. The Morgan fingerprint density at radius 3 is 2.56 bits per heavy atom. The van der Waals surface area contributed by atoms with Gasteiger partial charge in [0.15, 0.2) is 0 Å². The number of methoxy groups -OCH3 is 1. The molecule has 1 aromatic carbocycles. The van der Waals surface area contributed by atoms with Gasteiger partial charge in [-0.05, 0) is 25.3 Å². The van der Waals surface area contributed by atoms with Gasteiger partial charge in [0.1, 0.15) is 5.75 Å². The van der Waals surface area contributed by atoms with Gasteiger partial charge in [0, 0.05) is 5.56 Å². The molecule has 0 heterocycles. The molecule has 0 bridgehead atoms. The van der Waals surface area contributed by atoms with E-state index in [1.807, 2.05) is 31.2 Å². The van der Waals surface area contributed by atoms with Crippen LogP contribution in [0, 0.1) is 5.92 Å². The minimum atomic E-state index is -0.831. The van der Waals surface area contributed by atoms with Crippen LogP contribution < -0.4 is 4.74 Å². The minimum Gasteiger partial charge on any atom is -0.496 e. The zero-order valence-corrected chi connectivity index (χ0v) is 10.7. The first-order chi connectivity index (χ1) is 7.54. The van der Waals surface area contributed by atoms with Gasteiger partial charge < -0.3 is 9.84 Å². The van der Waals surface area contributed by atoms with Gasteiger partial charge >= 0.3 is 0 Å². The number of ether oxygens (including phenoxy) is 1. The lowest BCUT2D eigenvalue weighted by Gasteiger charge is -2.31. The van der Waals surface area contributed by atoms with Crippen LogP contribution in [0.3, 0.4) is 0 Å². The molecule has 2 heteroatoms. The highest BCUT2D eigenvalue weighted by atomic mass is 16.5. The third-order valence-electron chi connectivity index (χ3n) is 3.33. The summed E-state index contributed by atoms with van der Waals surface area (Å²) in [7, 11) is 1.64. The van der Waals surface area contributed by atoms with Crippen molar-refractivity contribution in [2.75, 3.05) is 7.11 Å². The summed E-state index contributed by atoms with van der Waals surface area (Å²) in [5, 5.41) is 10.6. The molecule has 0 saturated heterocycles. The van der Waals surface area contributed by atoms with E-state index in [9.17, 15) is 5.11 Å². The van der Waals surface area contributed by atoms with E-state index in [1.165, 1.54) is 0 Å². The molecule has 0 aliphatic heterocycles. The summed E-state index contributed by atoms with van der Waals surface area (Å²) < 4.78 is 5.30. The molecule has 2 atom stereocenters. The second kappa shape index (κ2) is 5.35. The molecule has 1 aromatic rings.